The van der Waals surface area contributed by atoms with Gasteiger partial charge in [-0.1, -0.05) is 18.2 Å². The molecule has 0 aromatic heterocycles. The van der Waals surface area contributed by atoms with Crippen LogP contribution in [0.15, 0.2) is 48.5 Å². The lowest BCUT2D eigenvalue weighted by atomic mass is 10.1. The number of hydrogen-bond acceptors (Lipinski definition) is 3. The van der Waals surface area contributed by atoms with Crippen molar-refractivity contribution in [1.29, 1.82) is 0 Å². The van der Waals surface area contributed by atoms with Crippen LogP contribution in [-0.4, -0.2) is 13.1 Å². The van der Waals surface area contributed by atoms with Gasteiger partial charge in [-0.05, 0) is 60.9 Å². The van der Waals surface area contributed by atoms with Crippen molar-refractivity contribution in [3.8, 4) is 11.5 Å². The van der Waals surface area contributed by atoms with Gasteiger partial charge in [-0.15, -0.1) is 0 Å². The highest BCUT2D eigenvalue weighted by atomic mass is 16.5. The first kappa shape index (κ1) is 14.9. The molecule has 0 saturated heterocycles. The summed E-state index contributed by atoms with van der Waals surface area (Å²) >= 11 is 0. The topological polar surface area (TPSA) is 35.5 Å². The highest BCUT2D eigenvalue weighted by molar-refractivity contribution is 5.88. The summed E-state index contributed by atoms with van der Waals surface area (Å²) in [4.78, 5) is 11.8. The van der Waals surface area contributed by atoms with Gasteiger partial charge in [0.25, 0.3) is 0 Å². The van der Waals surface area contributed by atoms with Crippen LogP contribution < -0.4 is 9.47 Å². The average Bonchev–Trinajstić information content (AvgIpc) is 2.49. The van der Waals surface area contributed by atoms with Gasteiger partial charge in [-0.25, -0.2) is 4.79 Å². The lowest BCUT2D eigenvalue weighted by Gasteiger charge is -2.04. The Bertz CT molecular complexity index is 655. The Morgan fingerprint density at radius 2 is 1.62 bits per heavy atom. The summed E-state index contributed by atoms with van der Waals surface area (Å²) in [5, 5.41) is 0. The number of carbonyl (C=O) groups is 1. The Labute approximate surface area is 124 Å². The predicted molar refractivity (Wildman–Crippen MR) is 83.6 cm³/mol. The highest BCUT2D eigenvalue weighted by Crippen LogP contribution is 2.17. The zero-order chi connectivity index (χ0) is 15.2. The van der Waals surface area contributed by atoms with Crippen molar-refractivity contribution >= 4 is 12.0 Å². The van der Waals surface area contributed by atoms with Crippen LogP contribution in [0, 0.1) is 13.8 Å². The van der Waals surface area contributed by atoms with Gasteiger partial charge in [-0.2, -0.15) is 0 Å². The van der Waals surface area contributed by atoms with E-state index in [9.17, 15) is 4.79 Å². The molecule has 0 aliphatic heterocycles. The number of aryl methyl sites for hydroxylation is 2. The largest absolute Gasteiger partial charge is 0.497 e. The van der Waals surface area contributed by atoms with Crippen LogP contribution in [0.1, 0.15) is 16.7 Å². The first-order valence-corrected chi connectivity index (χ1v) is 6.69. The van der Waals surface area contributed by atoms with Crippen LogP contribution in [0.2, 0.25) is 0 Å². The van der Waals surface area contributed by atoms with E-state index in [4.69, 9.17) is 9.47 Å². The molecule has 2 rings (SSSR count). The predicted octanol–water partition coefficient (Wildman–Crippen LogP) is 3.93. The van der Waals surface area contributed by atoms with Gasteiger partial charge < -0.3 is 9.47 Å². The number of esters is 1. The lowest BCUT2D eigenvalue weighted by molar-refractivity contribution is -0.128. The molecular weight excluding hydrogens is 264 g/mol. The Morgan fingerprint density at radius 3 is 2.24 bits per heavy atom. The quantitative estimate of drug-likeness (QED) is 0.484. The smallest absolute Gasteiger partial charge is 0.336 e. The van der Waals surface area contributed by atoms with E-state index >= 15 is 0 Å². The van der Waals surface area contributed by atoms with Gasteiger partial charge in [0.1, 0.15) is 11.5 Å². The van der Waals surface area contributed by atoms with Crippen molar-refractivity contribution in [3.05, 3.63) is 65.2 Å². The number of ether oxygens (including phenoxy) is 2. The molecule has 0 heterocycles. The van der Waals surface area contributed by atoms with Crippen molar-refractivity contribution in [2.45, 2.75) is 13.8 Å². The fourth-order valence-corrected chi connectivity index (χ4v) is 1.81. The van der Waals surface area contributed by atoms with Crippen molar-refractivity contribution in [2.75, 3.05) is 7.11 Å². The van der Waals surface area contributed by atoms with Crippen LogP contribution in [0.4, 0.5) is 0 Å². The van der Waals surface area contributed by atoms with E-state index in [0.717, 1.165) is 16.9 Å². The van der Waals surface area contributed by atoms with E-state index in [1.165, 1.54) is 11.6 Å². The molecule has 3 nitrogen and oxygen atoms in total. The maximum atomic E-state index is 11.8. The van der Waals surface area contributed by atoms with Crippen LogP contribution in [0.5, 0.6) is 11.5 Å². The third-order valence-corrected chi connectivity index (χ3v) is 3.22. The number of rotatable bonds is 4. The van der Waals surface area contributed by atoms with E-state index < -0.39 is 5.97 Å². The van der Waals surface area contributed by atoms with Crippen molar-refractivity contribution in [3.63, 3.8) is 0 Å². The van der Waals surface area contributed by atoms with Crippen LogP contribution in [-0.2, 0) is 4.79 Å². The molecule has 0 aliphatic rings. The molecular formula is C18H18O3. The van der Waals surface area contributed by atoms with E-state index in [-0.39, 0.29) is 0 Å². The summed E-state index contributed by atoms with van der Waals surface area (Å²) in [5.74, 6) is 0.946. The molecule has 21 heavy (non-hydrogen) atoms. The van der Waals surface area contributed by atoms with Gasteiger partial charge >= 0.3 is 5.97 Å². The van der Waals surface area contributed by atoms with Crippen LogP contribution >= 0.6 is 0 Å². The molecule has 0 radical (unpaired) electrons. The van der Waals surface area contributed by atoms with Crippen LogP contribution in [0.25, 0.3) is 6.08 Å². The number of carbonyl (C=O) groups excluding carboxylic acids is 1. The molecule has 0 atom stereocenters. The standard InChI is InChI=1S/C18H18O3/c1-13-4-8-17(12-14(13)2)21-18(19)11-7-15-5-9-16(20-3)10-6-15/h4-12H,1-3H3/b11-7+. The maximum absolute atomic E-state index is 11.8. The van der Waals surface area contributed by atoms with E-state index in [2.05, 4.69) is 0 Å². The van der Waals surface area contributed by atoms with Crippen molar-refractivity contribution in [2.24, 2.45) is 0 Å². The summed E-state index contributed by atoms with van der Waals surface area (Å²) in [6.45, 7) is 4.00. The molecule has 0 unspecified atom stereocenters. The molecule has 0 aliphatic carbocycles. The minimum absolute atomic E-state index is 0.394. The summed E-state index contributed by atoms with van der Waals surface area (Å²) in [5.41, 5.74) is 3.18. The monoisotopic (exact) mass is 282 g/mol. The Morgan fingerprint density at radius 1 is 0.952 bits per heavy atom. The van der Waals surface area contributed by atoms with Gasteiger partial charge in [0.05, 0.1) is 7.11 Å². The summed E-state index contributed by atoms with van der Waals surface area (Å²) in [7, 11) is 1.62. The van der Waals surface area contributed by atoms with Gasteiger partial charge in [-0.3, -0.25) is 0 Å². The summed E-state index contributed by atoms with van der Waals surface area (Å²) in [6.07, 6.45) is 3.12. The molecule has 2 aromatic rings. The molecule has 0 spiro atoms. The molecule has 108 valence electrons. The van der Waals surface area contributed by atoms with E-state index in [1.807, 2.05) is 50.2 Å². The second-order valence-electron chi connectivity index (χ2n) is 4.77. The van der Waals surface area contributed by atoms with Gasteiger partial charge in [0, 0.05) is 6.08 Å². The molecule has 0 saturated carbocycles. The molecule has 3 heteroatoms. The van der Waals surface area contributed by atoms with Crippen molar-refractivity contribution < 1.29 is 14.3 Å². The average molecular weight is 282 g/mol. The van der Waals surface area contributed by atoms with E-state index in [0.29, 0.717) is 5.75 Å². The second-order valence-corrected chi connectivity index (χ2v) is 4.77. The second kappa shape index (κ2) is 6.75. The fourth-order valence-electron chi connectivity index (χ4n) is 1.81. The van der Waals surface area contributed by atoms with Crippen molar-refractivity contribution in [1.82, 2.24) is 0 Å². The third-order valence-electron chi connectivity index (χ3n) is 3.22. The van der Waals surface area contributed by atoms with Gasteiger partial charge in [0.15, 0.2) is 0 Å². The van der Waals surface area contributed by atoms with Gasteiger partial charge in [0.2, 0.25) is 0 Å². The zero-order valence-corrected chi connectivity index (χ0v) is 12.4. The molecule has 2 aromatic carbocycles. The summed E-state index contributed by atoms with van der Waals surface area (Å²) < 4.78 is 10.3. The SMILES string of the molecule is COc1ccc(/C=C/C(=O)Oc2ccc(C)c(C)c2)cc1. The zero-order valence-electron chi connectivity index (χ0n) is 12.4. The first-order valence-electron chi connectivity index (χ1n) is 6.69. The molecule has 0 fully saturated rings. The number of hydrogen-bond donors (Lipinski definition) is 0. The summed E-state index contributed by atoms with van der Waals surface area (Å²) in [6, 6.07) is 13.0. The molecule has 0 N–H and O–H groups in total. The number of benzene rings is 2. The fraction of sp³-hybridized carbons (Fsp3) is 0.167. The minimum atomic E-state index is -0.394. The minimum Gasteiger partial charge on any atom is -0.497 e. The molecule has 0 bridgehead atoms. The normalized spacial score (nSPS) is 10.6. The maximum Gasteiger partial charge on any atom is 0.336 e. The van der Waals surface area contributed by atoms with E-state index in [1.54, 1.807) is 19.3 Å². The number of methoxy groups -OCH3 is 1. The Balaban J connectivity index is 1.99. The highest BCUT2D eigenvalue weighted by Gasteiger charge is 2.02. The Hall–Kier alpha value is -2.55. The lowest BCUT2D eigenvalue weighted by Crippen LogP contribution is -2.03. The first-order chi connectivity index (χ1) is 10.1. The van der Waals surface area contributed by atoms with Crippen LogP contribution in [0.3, 0.4) is 0 Å². The Kier molecular flexibility index (Phi) is 4.77. The molecule has 0 amide bonds. The third kappa shape index (κ3) is 4.21.